The van der Waals surface area contributed by atoms with Crippen LogP contribution in [0.15, 0.2) is 41.5 Å². The zero-order valence-electron chi connectivity index (χ0n) is 15.3. The van der Waals surface area contributed by atoms with Crippen LogP contribution in [0.3, 0.4) is 0 Å². The van der Waals surface area contributed by atoms with Crippen LogP contribution in [0.2, 0.25) is 5.02 Å². The molecule has 0 spiro atoms. The smallest absolute Gasteiger partial charge is 0.271 e. The number of hydrazone groups is 1. The summed E-state index contributed by atoms with van der Waals surface area (Å²) in [7, 11) is 0. The molecule has 0 fully saturated rings. The van der Waals surface area contributed by atoms with Crippen molar-refractivity contribution in [2.75, 3.05) is 6.61 Å². The quantitative estimate of drug-likeness (QED) is 0.597. The molecule has 0 aliphatic heterocycles. The molecule has 26 heavy (non-hydrogen) atoms. The maximum Gasteiger partial charge on any atom is 0.271 e. The molecule has 0 aromatic heterocycles. The summed E-state index contributed by atoms with van der Waals surface area (Å²) >= 11 is 5.96. The first-order valence-electron chi connectivity index (χ1n) is 8.31. The van der Waals surface area contributed by atoms with Crippen LogP contribution < -0.4 is 10.2 Å². The summed E-state index contributed by atoms with van der Waals surface area (Å²) in [5, 5.41) is 13.9. The highest BCUT2D eigenvalue weighted by atomic mass is 35.5. The zero-order chi connectivity index (χ0) is 19.3. The molecular formula is C20H23ClN2O3. The van der Waals surface area contributed by atoms with Crippen LogP contribution in [0.4, 0.5) is 0 Å². The molecule has 2 aromatic carbocycles. The summed E-state index contributed by atoms with van der Waals surface area (Å²) in [5.74, 6) is -0.157. The highest BCUT2D eigenvalue weighted by Crippen LogP contribution is 2.34. The lowest BCUT2D eigenvalue weighted by molar-refractivity contribution is 0.0955. The van der Waals surface area contributed by atoms with E-state index in [0.717, 1.165) is 5.56 Å². The Morgan fingerprint density at radius 1 is 1.27 bits per heavy atom. The average molecular weight is 375 g/mol. The van der Waals surface area contributed by atoms with Crippen molar-refractivity contribution < 1.29 is 14.6 Å². The molecule has 2 aromatic rings. The molecule has 6 heteroatoms. The number of halogens is 1. The summed E-state index contributed by atoms with van der Waals surface area (Å²) in [6.07, 6.45) is 1.44. The molecule has 0 heterocycles. The van der Waals surface area contributed by atoms with Crippen molar-refractivity contribution in [1.29, 1.82) is 0 Å². The molecule has 0 aliphatic carbocycles. The van der Waals surface area contributed by atoms with Gasteiger partial charge in [-0.3, -0.25) is 4.79 Å². The highest BCUT2D eigenvalue weighted by Gasteiger charge is 2.14. The fourth-order valence-corrected chi connectivity index (χ4v) is 2.50. The van der Waals surface area contributed by atoms with Crippen LogP contribution in [0, 0.1) is 0 Å². The summed E-state index contributed by atoms with van der Waals surface area (Å²) in [6.45, 7) is 8.55. The van der Waals surface area contributed by atoms with Crippen molar-refractivity contribution in [3.8, 4) is 11.5 Å². The molecule has 0 radical (unpaired) electrons. The standard InChI is InChI=1S/C20H23ClN2O3/c1-5-26-17-11-13(10-16(21)18(17)24)12-22-23-19(25)14-6-8-15(9-7-14)20(2,3)4/h6-12,24H,5H2,1-4H3,(H,23,25)/b22-12-. The Kier molecular flexibility index (Phi) is 6.27. The molecular weight excluding hydrogens is 352 g/mol. The topological polar surface area (TPSA) is 70.9 Å². The van der Waals surface area contributed by atoms with Gasteiger partial charge in [0.15, 0.2) is 11.5 Å². The maximum absolute atomic E-state index is 12.2. The minimum atomic E-state index is -0.309. The summed E-state index contributed by atoms with van der Waals surface area (Å²) in [5.41, 5.74) is 4.78. The van der Waals surface area contributed by atoms with Crippen LogP contribution in [0.1, 0.15) is 49.2 Å². The molecule has 0 aliphatic rings. The second-order valence-corrected chi connectivity index (χ2v) is 7.22. The van der Waals surface area contributed by atoms with Gasteiger partial charge in [-0.15, -0.1) is 0 Å². The minimum absolute atomic E-state index is 0.0313. The van der Waals surface area contributed by atoms with Crippen LogP contribution in [0.5, 0.6) is 11.5 Å². The average Bonchev–Trinajstić information content (AvgIpc) is 2.58. The van der Waals surface area contributed by atoms with Crippen molar-refractivity contribution >= 4 is 23.7 Å². The fourth-order valence-electron chi connectivity index (χ4n) is 2.29. The van der Waals surface area contributed by atoms with Gasteiger partial charge in [-0.2, -0.15) is 5.10 Å². The number of rotatable bonds is 5. The van der Waals surface area contributed by atoms with E-state index < -0.39 is 0 Å². The molecule has 2 rings (SSSR count). The van der Waals surface area contributed by atoms with Crippen molar-refractivity contribution in [3.63, 3.8) is 0 Å². The number of nitrogens with one attached hydrogen (secondary N) is 1. The van der Waals surface area contributed by atoms with Crippen molar-refractivity contribution in [2.45, 2.75) is 33.1 Å². The van der Waals surface area contributed by atoms with E-state index in [9.17, 15) is 9.90 Å². The summed E-state index contributed by atoms with van der Waals surface area (Å²) in [4.78, 5) is 12.2. The summed E-state index contributed by atoms with van der Waals surface area (Å²) in [6, 6.07) is 10.6. The molecule has 0 atom stereocenters. The van der Waals surface area contributed by atoms with Gasteiger partial charge >= 0.3 is 0 Å². The molecule has 0 saturated heterocycles. The van der Waals surface area contributed by atoms with Gasteiger partial charge in [0.25, 0.3) is 5.91 Å². The number of carbonyl (C=O) groups excluding carboxylic acids is 1. The molecule has 2 N–H and O–H groups in total. The number of phenols is 1. The normalized spacial score (nSPS) is 11.6. The zero-order valence-corrected chi connectivity index (χ0v) is 16.1. The van der Waals surface area contributed by atoms with Gasteiger partial charge in [-0.05, 0) is 47.7 Å². The third-order valence-electron chi connectivity index (χ3n) is 3.74. The molecule has 0 unspecified atom stereocenters. The monoisotopic (exact) mass is 374 g/mol. The van der Waals surface area contributed by atoms with Gasteiger partial charge in [0.2, 0.25) is 0 Å². The Labute approximate surface area is 158 Å². The van der Waals surface area contributed by atoms with E-state index in [4.69, 9.17) is 16.3 Å². The lowest BCUT2D eigenvalue weighted by Gasteiger charge is -2.18. The van der Waals surface area contributed by atoms with E-state index in [1.54, 1.807) is 25.1 Å². The van der Waals surface area contributed by atoms with Gasteiger partial charge in [0.05, 0.1) is 17.8 Å². The van der Waals surface area contributed by atoms with E-state index >= 15 is 0 Å². The van der Waals surface area contributed by atoms with Gasteiger partial charge in [-0.25, -0.2) is 5.43 Å². The number of amides is 1. The molecule has 0 saturated carbocycles. The number of carbonyl (C=O) groups is 1. The lowest BCUT2D eigenvalue weighted by atomic mass is 9.87. The van der Waals surface area contributed by atoms with Gasteiger partial charge in [0, 0.05) is 5.56 Å². The van der Waals surface area contributed by atoms with Crippen LogP contribution >= 0.6 is 11.6 Å². The van der Waals surface area contributed by atoms with E-state index in [-0.39, 0.29) is 27.8 Å². The number of phenolic OH excluding ortho intramolecular Hbond substituents is 1. The Morgan fingerprint density at radius 3 is 2.50 bits per heavy atom. The Balaban J connectivity index is 2.07. The summed E-state index contributed by atoms with van der Waals surface area (Å²) < 4.78 is 5.31. The van der Waals surface area contributed by atoms with Crippen LogP contribution in [-0.2, 0) is 5.41 Å². The molecule has 5 nitrogen and oxygen atoms in total. The fraction of sp³-hybridized carbons (Fsp3) is 0.300. The van der Waals surface area contributed by atoms with Gasteiger partial charge in [0.1, 0.15) is 0 Å². The Hall–Kier alpha value is -2.53. The van der Waals surface area contributed by atoms with E-state index in [0.29, 0.717) is 17.7 Å². The van der Waals surface area contributed by atoms with Crippen molar-refractivity contribution in [1.82, 2.24) is 5.43 Å². The highest BCUT2D eigenvalue weighted by molar-refractivity contribution is 6.32. The Morgan fingerprint density at radius 2 is 1.92 bits per heavy atom. The number of hydrogen-bond donors (Lipinski definition) is 2. The van der Waals surface area contributed by atoms with Crippen LogP contribution in [0.25, 0.3) is 0 Å². The van der Waals surface area contributed by atoms with Crippen LogP contribution in [-0.4, -0.2) is 23.8 Å². The first-order valence-corrected chi connectivity index (χ1v) is 8.69. The molecule has 1 amide bonds. The minimum Gasteiger partial charge on any atom is -0.503 e. The largest absolute Gasteiger partial charge is 0.503 e. The molecule has 138 valence electrons. The lowest BCUT2D eigenvalue weighted by Crippen LogP contribution is -2.18. The number of aromatic hydroxyl groups is 1. The predicted octanol–water partition coefficient (Wildman–Crippen LogP) is 4.51. The van der Waals surface area contributed by atoms with Crippen molar-refractivity contribution in [3.05, 3.63) is 58.1 Å². The first kappa shape index (κ1) is 19.8. The van der Waals surface area contributed by atoms with Crippen molar-refractivity contribution in [2.24, 2.45) is 5.10 Å². The van der Waals surface area contributed by atoms with E-state index in [1.807, 2.05) is 12.1 Å². The van der Waals surface area contributed by atoms with E-state index in [1.165, 1.54) is 12.3 Å². The third-order valence-corrected chi connectivity index (χ3v) is 4.03. The van der Waals surface area contributed by atoms with Gasteiger partial charge in [-0.1, -0.05) is 44.5 Å². The predicted molar refractivity (Wildman–Crippen MR) is 104 cm³/mol. The molecule has 0 bridgehead atoms. The second-order valence-electron chi connectivity index (χ2n) is 6.81. The van der Waals surface area contributed by atoms with Gasteiger partial charge < -0.3 is 9.84 Å². The van der Waals surface area contributed by atoms with E-state index in [2.05, 4.69) is 31.3 Å². The number of hydrogen-bond acceptors (Lipinski definition) is 4. The third kappa shape index (κ3) is 4.99. The SMILES string of the molecule is CCOc1cc(/C=N\NC(=O)c2ccc(C(C)(C)C)cc2)cc(Cl)c1O. The Bertz CT molecular complexity index is 809. The second kappa shape index (κ2) is 8.23. The maximum atomic E-state index is 12.2. The number of nitrogens with zero attached hydrogens (tertiary/aromatic N) is 1. The first-order chi connectivity index (χ1) is 12.2. The number of benzene rings is 2. The number of ether oxygens (including phenoxy) is 1.